The van der Waals surface area contributed by atoms with Crippen molar-refractivity contribution in [1.29, 1.82) is 0 Å². The fourth-order valence-corrected chi connectivity index (χ4v) is 0.892. The van der Waals surface area contributed by atoms with Gasteiger partial charge in [0.2, 0.25) is 0 Å². The fourth-order valence-electron chi connectivity index (χ4n) is 0.892. The zero-order valence-electron chi connectivity index (χ0n) is 7.03. The van der Waals surface area contributed by atoms with Crippen LogP contribution in [0.5, 0.6) is 0 Å². The van der Waals surface area contributed by atoms with Crippen LogP contribution in [0, 0.1) is 0 Å². The van der Waals surface area contributed by atoms with Gasteiger partial charge < -0.3 is 0 Å². The standard InChI is InChI=1S/C10H11NO/c1-3-8(2)9-4-5-10(7-12)11-6-9/h3-8H,1H2,2H3. The normalized spacial score (nSPS) is 12.1. The lowest BCUT2D eigenvalue weighted by Crippen LogP contribution is -1.92. The molecule has 2 nitrogen and oxygen atoms in total. The minimum absolute atomic E-state index is 0.290. The Bertz CT molecular complexity index is 276. The van der Waals surface area contributed by atoms with E-state index in [4.69, 9.17) is 0 Å². The van der Waals surface area contributed by atoms with Crippen LogP contribution in [-0.2, 0) is 0 Å². The molecule has 0 aromatic carbocycles. The molecule has 1 heterocycles. The van der Waals surface area contributed by atoms with Gasteiger partial charge in [-0.2, -0.15) is 0 Å². The highest BCUT2D eigenvalue weighted by Crippen LogP contribution is 2.13. The van der Waals surface area contributed by atoms with E-state index in [1.165, 1.54) is 0 Å². The van der Waals surface area contributed by atoms with Crippen molar-refractivity contribution in [3.63, 3.8) is 0 Å². The third-order valence-electron chi connectivity index (χ3n) is 1.81. The first kappa shape index (κ1) is 8.65. The molecule has 1 atom stereocenters. The molecule has 0 bridgehead atoms. The quantitative estimate of drug-likeness (QED) is 0.502. The van der Waals surface area contributed by atoms with Crippen LogP contribution in [0.4, 0.5) is 0 Å². The summed E-state index contributed by atoms with van der Waals surface area (Å²) in [5.74, 6) is 0.290. The maximum atomic E-state index is 10.3. The second kappa shape index (κ2) is 3.81. The van der Waals surface area contributed by atoms with Crippen molar-refractivity contribution in [3.05, 3.63) is 42.2 Å². The number of aromatic nitrogens is 1. The number of hydrogen-bond donors (Lipinski definition) is 0. The number of aldehydes is 1. The molecule has 0 N–H and O–H groups in total. The lowest BCUT2D eigenvalue weighted by Gasteiger charge is -2.04. The molecule has 0 aliphatic rings. The van der Waals surface area contributed by atoms with E-state index in [2.05, 4.69) is 11.6 Å². The summed E-state index contributed by atoms with van der Waals surface area (Å²) < 4.78 is 0. The van der Waals surface area contributed by atoms with Gasteiger partial charge in [-0.05, 0) is 11.6 Å². The lowest BCUT2D eigenvalue weighted by atomic mass is 10.0. The first-order valence-corrected chi connectivity index (χ1v) is 3.81. The first-order chi connectivity index (χ1) is 5.77. The van der Waals surface area contributed by atoms with Crippen LogP contribution in [0.1, 0.15) is 28.9 Å². The number of carbonyl (C=O) groups is 1. The van der Waals surface area contributed by atoms with E-state index in [-0.39, 0.29) is 0 Å². The number of hydrogen-bond acceptors (Lipinski definition) is 2. The number of pyridine rings is 1. The number of nitrogens with zero attached hydrogens (tertiary/aromatic N) is 1. The summed E-state index contributed by atoms with van der Waals surface area (Å²) in [5, 5.41) is 0. The Morgan fingerprint density at radius 2 is 2.33 bits per heavy atom. The van der Waals surface area contributed by atoms with Gasteiger partial charge in [0.05, 0.1) is 0 Å². The zero-order chi connectivity index (χ0) is 8.97. The first-order valence-electron chi connectivity index (χ1n) is 3.81. The van der Waals surface area contributed by atoms with Crippen molar-refractivity contribution in [2.75, 3.05) is 0 Å². The molecule has 0 saturated carbocycles. The molecule has 1 aromatic heterocycles. The third-order valence-corrected chi connectivity index (χ3v) is 1.81. The Hall–Kier alpha value is -1.44. The molecule has 12 heavy (non-hydrogen) atoms. The Morgan fingerprint density at radius 1 is 1.58 bits per heavy atom. The highest BCUT2D eigenvalue weighted by atomic mass is 16.1. The van der Waals surface area contributed by atoms with Gasteiger partial charge in [0, 0.05) is 12.1 Å². The summed E-state index contributed by atoms with van der Waals surface area (Å²) in [7, 11) is 0. The van der Waals surface area contributed by atoms with Crippen LogP contribution in [0.2, 0.25) is 0 Å². The summed E-state index contributed by atoms with van der Waals surface area (Å²) >= 11 is 0. The van der Waals surface area contributed by atoms with Crippen LogP contribution in [0.15, 0.2) is 31.0 Å². The second-order valence-electron chi connectivity index (χ2n) is 2.66. The molecule has 0 spiro atoms. The van der Waals surface area contributed by atoms with Gasteiger partial charge in [0.1, 0.15) is 5.69 Å². The molecular weight excluding hydrogens is 150 g/mol. The molecule has 0 aliphatic heterocycles. The highest BCUT2D eigenvalue weighted by molar-refractivity contribution is 5.71. The van der Waals surface area contributed by atoms with Gasteiger partial charge in [-0.1, -0.05) is 19.1 Å². The van der Waals surface area contributed by atoms with Crippen molar-refractivity contribution in [2.45, 2.75) is 12.8 Å². The van der Waals surface area contributed by atoms with Gasteiger partial charge in [-0.15, -0.1) is 6.58 Å². The number of rotatable bonds is 3. The van der Waals surface area contributed by atoms with Crippen LogP contribution in [0.25, 0.3) is 0 Å². The van der Waals surface area contributed by atoms with E-state index in [1.54, 1.807) is 12.3 Å². The van der Waals surface area contributed by atoms with Gasteiger partial charge in [0.25, 0.3) is 0 Å². The van der Waals surface area contributed by atoms with Gasteiger partial charge >= 0.3 is 0 Å². The minimum Gasteiger partial charge on any atom is -0.296 e. The average Bonchev–Trinajstić information content (AvgIpc) is 2.17. The molecule has 0 saturated heterocycles. The Labute approximate surface area is 71.9 Å². The predicted molar refractivity (Wildman–Crippen MR) is 48.2 cm³/mol. The zero-order valence-corrected chi connectivity index (χ0v) is 7.03. The van der Waals surface area contributed by atoms with E-state index in [0.29, 0.717) is 11.6 Å². The largest absolute Gasteiger partial charge is 0.296 e. The summed E-state index contributed by atoms with van der Waals surface area (Å²) in [6.07, 6.45) is 4.29. The fraction of sp³-hybridized carbons (Fsp3) is 0.200. The van der Waals surface area contributed by atoms with E-state index >= 15 is 0 Å². The third kappa shape index (κ3) is 1.78. The van der Waals surface area contributed by atoms with E-state index in [1.807, 2.05) is 19.1 Å². The molecule has 62 valence electrons. The molecule has 1 rings (SSSR count). The van der Waals surface area contributed by atoms with E-state index in [0.717, 1.165) is 11.8 Å². The van der Waals surface area contributed by atoms with Crippen molar-refractivity contribution in [2.24, 2.45) is 0 Å². The van der Waals surface area contributed by atoms with Crippen LogP contribution >= 0.6 is 0 Å². The van der Waals surface area contributed by atoms with E-state index in [9.17, 15) is 4.79 Å². The SMILES string of the molecule is C=CC(C)c1ccc(C=O)nc1. The van der Waals surface area contributed by atoms with Crippen molar-refractivity contribution >= 4 is 6.29 Å². The lowest BCUT2D eigenvalue weighted by molar-refractivity contribution is 0.111. The molecule has 1 aromatic rings. The van der Waals surface area contributed by atoms with Gasteiger partial charge in [0.15, 0.2) is 6.29 Å². The molecule has 0 amide bonds. The Balaban J connectivity index is 2.91. The number of allylic oxidation sites excluding steroid dienone is 1. The summed E-state index contributed by atoms with van der Waals surface area (Å²) in [5.41, 5.74) is 1.55. The maximum Gasteiger partial charge on any atom is 0.168 e. The van der Waals surface area contributed by atoms with Gasteiger partial charge in [-0.3, -0.25) is 9.78 Å². The Kier molecular flexibility index (Phi) is 2.75. The molecule has 1 unspecified atom stereocenters. The molecular formula is C10H11NO. The summed E-state index contributed by atoms with van der Waals surface area (Å²) in [6.45, 7) is 5.71. The van der Waals surface area contributed by atoms with Crippen molar-refractivity contribution in [3.8, 4) is 0 Å². The predicted octanol–water partition coefficient (Wildman–Crippen LogP) is 2.18. The Morgan fingerprint density at radius 3 is 2.75 bits per heavy atom. The topological polar surface area (TPSA) is 30.0 Å². The summed E-state index contributed by atoms with van der Waals surface area (Å²) in [6, 6.07) is 3.60. The molecule has 0 fully saturated rings. The minimum atomic E-state index is 0.290. The molecule has 0 radical (unpaired) electrons. The van der Waals surface area contributed by atoms with Crippen LogP contribution < -0.4 is 0 Å². The smallest absolute Gasteiger partial charge is 0.168 e. The van der Waals surface area contributed by atoms with Crippen LogP contribution in [-0.4, -0.2) is 11.3 Å². The maximum absolute atomic E-state index is 10.3. The average molecular weight is 161 g/mol. The van der Waals surface area contributed by atoms with E-state index < -0.39 is 0 Å². The summed E-state index contributed by atoms with van der Waals surface area (Å²) in [4.78, 5) is 14.2. The van der Waals surface area contributed by atoms with Gasteiger partial charge in [-0.25, -0.2) is 0 Å². The van der Waals surface area contributed by atoms with Crippen LogP contribution in [0.3, 0.4) is 0 Å². The highest BCUT2D eigenvalue weighted by Gasteiger charge is 2.00. The number of carbonyl (C=O) groups excluding carboxylic acids is 1. The van der Waals surface area contributed by atoms with Crippen molar-refractivity contribution in [1.82, 2.24) is 4.98 Å². The molecule has 2 heteroatoms. The van der Waals surface area contributed by atoms with Crippen molar-refractivity contribution < 1.29 is 4.79 Å². The molecule has 0 aliphatic carbocycles. The monoisotopic (exact) mass is 161 g/mol. The second-order valence-corrected chi connectivity index (χ2v) is 2.66.